The Hall–Kier alpha value is -3.29. The molecular weight excluding hydrogens is 409 g/mol. The summed E-state index contributed by atoms with van der Waals surface area (Å²) in [7, 11) is 0. The summed E-state index contributed by atoms with van der Waals surface area (Å²) in [5.41, 5.74) is 0.690. The number of hydrogen-bond acceptors (Lipinski definition) is 3. The van der Waals surface area contributed by atoms with Gasteiger partial charge in [0.2, 0.25) is 5.91 Å². The molecule has 0 aromatic rings. The maximum atomic E-state index is 13.8. The van der Waals surface area contributed by atoms with Gasteiger partial charge in [-0.2, -0.15) is 0 Å². The Balaban J connectivity index is 4.43. The SMILES string of the molecule is C=C(C)/C=C(F)\C(=C\F)CNC(=O)C(C)CC(=C)NC(=O)CO/C=C/C=C(/C)C(=C)F. The first-order chi connectivity index (χ1) is 14.5. The number of rotatable bonds is 13. The van der Waals surface area contributed by atoms with Crippen molar-refractivity contribution in [2.75, 3.05) is 13.2 Å². The largest absolute Gasteiger partial charge is 0.491 e. The van der Waals surface area contributed by atoms with Crippen molar-refractivity contribution in [2.45, 2.75) is 27.2 Å². The highest BCUT2D eigenvalue weighted by Gasteiger charge is 2.16. The molecule has 0 heterocycles. The van der Waals surface area contributed by atoms with Gasteiger partial charge in [-0.05, 0) is 38.0 Å². The van der Waals surface area contributed by atoms with Crippen LogP contribution in [0.4, 0.5) is 13.2 Å². The molecule has 0 rings (SSSR count). The van der Waals surface area contributed by atoms with Crippen molar-refractivity contribution in [2.24, 2.45) is 5.92 Å². The Morgan fingerprint density at radius 1 is 1.16 bits per heavy atom. The topological polar surface area (TPSA) is 67.4 Å². The molecule has 2 amide bonds. The molecule has 0 aromatic carbocycles. The van der Waals surface area contributed by atoms with Crippen molar-refractivity contribution in [3.05, 3.63) is 84.6 Å². The predicted octanol–water partition coefficient (Wildman–Crippen LogP) is 5.00. The third kappa shape index (κ3) is 12.8. The summed E-state index contributed by atoms with van der Waals surface area (Å²) in [6.45, 7) is 14.3. The molecule has 0 bridgehead atoms. The van der Waals surface area contributed by atoms with Gasteiger partial charge in [-0.15, -0.1) is 0 Å². The van der Waals surface area contributed by atoms with Gasteiger partial charge in [0.1, 0.15) is 11.7 Å². The number of carbonyl (C=O) groups is 2. The minimum atomic E-state index is -0.825. The average molecular weight is 438 g/mol. The lowest BCUT2D eigenvalue weighted by molar-refractivity contribution is -0.125. The van der Waals surface area contributed by atoms with E-state index in [9.17, 15) is 22.8 Å². The van der Waals surface area contributed by atoms with Crippen LogP contribution in [0.25, 0.3) is 0 Å². The summed E-state index contributed by atoms with van der Waals surface area (Å²) >= 11 is 0. The minimum absolute atomic E-state index is 0.0817. The predicted molar refractivity (Wildman–Crippen MR) is 116 cm³/mol. The summed E-state index contributed by atoms with van der Waals surface area (Å²) in [6.07, 6.45) is 5.34. The normalized spacial score (nSPS) is 13.5. The molecule has 0 aromatic heterocycles. The molecule has 1 unspecified atom stereocenters. The molecule has 0 aliphatic carbocycles. The van der Waals surface area contributed by atoms with Crippen LogP contribution in [0.3, 0.4) is 0 Å². The molecule has 8 heteroatoms. The second-order valence-electron chi connectivity index (χ2n) is 6.84. The van der Waals surface area contributed by atoms with Gasteiger partial charge in [-0.1, -0.05) is 38.3 Å². The Labute approximate surface area is 181 Å². The van der Waals surface area contributed by atoms with Crippen LogP contribution < -0.4 is 10.6 Å². The fourth-order valence-electron chi connectivity index (χ4n) is 2.04. The van der Waals surface area contributed by atoms with Crippen molar-refractivity contribution >= 4 is 11.8 Å². The zero-order chi connectivity index (χ0) is 24.0. The molecular formula is C23H29F3N2O3. The fourth-order valence-corrected chi connectivity index (χ4v) is 2.04. The van der Waals surface area contributed by atoms with E-state index in [0.29, 0.717) is 11.1 Å². The summed E-state index contributed by atoms with van der Waals surface area (Å²) in [4.78, 5) is 23.9. The summed E-state index contributed by atoms with van der Waals surface area (Å²) in [5.74, 6) is -2.96. The Morgan fingerprint density at radius 3 is 2.35 bits per heavy atom. The molecule has 2 N–H and O–H groups in total. The Bertz CT molecular complexity index is 824. The van der Waals surface area contributed by atoms with Gasteiger partial charge >= 0.3 is 0 Å². The third-order valence-corrected chi connectivity index (χ3v) is 3.74. The van der Waals surface area contributed by atoms with Gasteiger partial charge in [-0.3, -0.25) is 9.59 Å². The summed E-state index contributed by atoms with van der Waals surface area (Å²) in [6, 6.07) is 0. The van der Waals surface area contributed by atoms with E-state index in [-0.39, 0.29) is 37.2 Å². The molecule has 170 valence electrons. The molecule has 31 heavy (non-hydrogen) atoms. The van der Waals surface area contributed by atoms with E-state index in [1.165, 1.54) is 25.3 Å². The van der Waals surface area contributed by atoms with Crippen LogP contribution in [0.1, 0.15) is 27.2 Å². The Morgan fingerprint density at radius 2 is 1.81 bits per heavy atom. The third-order valence-electron chi connectivity index (χ3n) is 3.74. The number of amides is 2. The monoisotopic (exact) mass is 438 g/mol. The van der Waals surface area contributed by atoms with Crippen molar-refractivity contribution in [1.29, 1.82) is 0 Å². The molecule has 0 aliphatic rings. The van der Waals surface area contributed by atoms with Crippen molar-refractivity contribution < 1.29 is 27.5 Å². The average Bonchev–Trinajstić information content (AvgIpc) is 2.66. The molecule has 1 atom stereocenters. The standard InChI is InChI=1S/C23H29F3N2O3/c1-15(2)10-21(26)20(12-24)13-27-23(30)17(4)11-18(5)28-22(29)14-31-9-7-8-16(3)19(6)25/h7-10,12,17H,1,5-6,11,13-14H2,2-4H3,(H,27,30)(H,28,29)/b9-7+,16-8-,20-12+,21-10+. The molecule has 0 radical (unpaired) electrons. The number of carbonyl (C=O) groups excluding carboxylic acids is 2. The van der Waals surface area contributed by atoms with Crippen molar-refractivity contribution in [1.82, 2.24) is 10.6 Å². The van der Waals surface area contributed by atoms with Crippen molar-refractivity contribution in [3.63, 3.8) is 0 Å². The van der Waals surface area contributed by atoms with E-state index >= 15 is 0 Å². The molecule has 0 saturated carbocycles. The first-order valence-electron chi connectivity index (χ1n) is 9.35. The van der Waals surface area contributed by atoms with Gasteiger partial charge in [0.15, 0.2) is 6.61 Å². The molecule has 0 saturated heterocycles. The maximum Gasteiger partial charge on any atom is 0.261 e. The first-order valence-corrected chi connectivity index (χ1v) is 9.35. The smallest absolute Gasteiger partial charge is 0.261 e. The van der Waals surface area contributed by atoms with Crippen LogP contribution in [0.15, 0.2) is 84.6 Å². The highest BCUT2D eigenvalue weighted by molar-refractivity contribution is 5.80. The van der Waals surface area contributed by atoms with E-state index in [1.807, 2.05) is 0 Å². The van der Waals surface area contributed by atoms with Crippen LogP contribution in [0.2, 0.25) is 0 Å². The zero-order valence-corrected chi connectivity index (χ0v) is 18.1. The van der Waals surface area contributed by atoms with Crippen LogP contribution >= 0.6 is 0 Å². The van der Waals surface area contributed by atoms with Gasteiger partial charge in [0, 0.05) is 23.7 Å². The van der Waals surface area contributed by atoms with E-state index in [4.69, 9.17) is 4.74 Å². The number of allylic oxidation sites excluding steroid dienone is 7. The zero-order valence-electron chi connectivity index (χ0n) is 18.1. The quantitative estimate of drug-likeness (QED) is 0.314. The second-order valence-corrected chi connectivity index (χ2v) is 6.84. The number of nitrogens with one attached hydrogen (secondary N) is 2. The molecule has 5 nitrogen and oxygen atoms in total. The van der Waals surface area contributed by atoms with E-state index in [0.717, 1.165) is 6.08 Å². The highest BCUT2D eigenvalue weighted by atomic mass is 19.1. The first kappa shape index (κ1) is 27.7. The van der Waals surface area contributed by atoms with Crippen LogP contribution in [0, 0.1) is 5.92 Å². The van der Waals surface area contributed by atoms with E-state index in [1.54, 1.807) is 13.8 Å². The molecule has 0 fully saturated rings. The summed E-state index contributed by atoms with van der Waals surface area (Å²) < 4.78 is 44.4. The van der Waals surface area contributed by atoms with Gasteiger partial charge in [0.05, 0.1) is 12.6 Å². The molecule has 0 aliphatic heterocycles. The second kappa shape index (κ2) is 14.7. The maximum absolute atomic E-state index is 13.8. The van der Waals surface area contributed by atoms with Gasteiger partial charge in [-0.25, -0.2) is 13.2 Å². The van der Waals surface area contributed by atoms with Crippen LogP contribution in [0.5, 0.6) is 0 Å². The number of hydrogen-bond donors (Lipinski definition) is 2. The molecule has 0 spiro atoms. The number of halogens is 3. The lowest BCUT2D eigenvalue weighted by atomic mass is 10.0. The summed E-state index contributed by atoms with van der Waals surface area (Å²) in [5, 5.41) is 4.92. The van der Waals surface area contributed by atoms with Gasteiger partial charge in [0.25, 0.3) is 5.91 Å². The fraction of sp³-hybridized carbons (Fsp3) is 0.304. The van der Waals surface area contributed by atoms with Crippen LogP contribution in [-0.4, -0.2) is 25.0 Å². The number of ether oxygens (including phenoxy) is 1. The lowest BCUT2D eigenvalue weighted by Gasteiger charge is -2.15. The van der Waals surface area contributed by atoms with Gasteiger partial charge < -0.3 is 15.4 Å². The highest BCUT2D eigenvalue weighted by Crippen LogP contribution is 2.14. The van der Waals surface area contributed by atoms with Crippen LogP contribution in [-0.2, 0) is 14.3 Å². The van der Waals surface area contributed by atoms with E-state index < -0.39 is 29.4 Å². The minimum Gasteiger partial charge on any atom is -0.491 e. The van der Waals surface area contributed by atoms with Crippen molar-refractivity contribution in [3.8, 4) is 0 Å². The lowest BCUT2D eigenvalue weighted by Crippen LogP contribution is -2.33. The Kier molecular flexibility index (Phi) is 13.1. The van der Waals surface area contributed by atoms with E-state index in [2.05, 4.69) is 30.4 Å².